The normalized spacial score (nSPS) is 11.1. The van der Waals surface area contributed by atoms with Gasteiger partial charge in [0.2, 0.25) is 0 Å². The van der Waals surface area contributed by atoms with Crippen LogP contribution in [0.4, 0.5) is 5.69 Å². The Morgan fingerprint density at radius 2 is 1.95 bits per heavy atom. The van der Waals surface area contributed by atoms with Crippen molar-refractivity contribution in [3.63, 3.8) is 0 Å². The fraction of sp³-hybridized carbons (Fsp3) is 0.148. The molecule has 4 aromatic rings. The molecule has 0 atom stereocenters. The van der Waals surface area contributed by atoms with Crippen LogP contribution in [0.25, 0.3) is 10.9 Å². The molecule has 0 aliphatic heterocycles. The van der Waals surface area contributed by atoms with E-state index >= 15 is 0 Å². The number of methoxy groups -OCH3 is 1. The van der Waals surface area contributed by atoms with Gasteiger partial charge in [-0.2, -0.15) is 9.78 Å². The van der Waals surface area contributed by atoms with Gasteiger partial charge in [0.25, 0.3) is 11.2 Å². The minimum Gasteiger partial charge on any atom is -0.493 e. The molecule has 0 N–H and O–H groups in total. The van der Waals surface area contributed by atoms with Crippen LogP contribution in [-0.4, -0.2) is 27.9 Å². The van der Waals surface area contributed by atoms with Gasteiger partial charge in [-0.05, 0) is 66.9 Å². The van der Waals surface area contributed by atoms with Crippen molar-refractivity contribution in [2.75, 3.05) is 7.11 Å². The van der Waals surface area contributed by atoms with E-state index in [9.17, 15) is 14.9 Å². The third kappa shape index (κ3) is 5.75. The third-order valence-corrected chi connectivity index (χ3v) is 6.05. The van der Waals surface area contributed by atoms with Crippen LogP contribution in [-0.2, 0) is 13.0 Å². The molecule has 0 saturated carbocycles. The quantitative estimate of drug-likeness (QED) is 0.114. The van der Waals surface area contributed by atoms with Gasteiger partial charge in [-0.15, -0.1) is 6.58 Å². The third-order valence-electron chi connectivity index (χ3n) is 5.56. The Balaban J connectivity index is 1.66. The molecule has 0 aliphatic rings. The van der Waals surface area contributed by atoms with Gasteiger partial charge in [0, 0.05) is 22.2 Å². The van der Waals surface area contributed by atoms with E-state index in [1.807, 2.05) is 12.1 Å². The van der Waals surface area contributed by atoms with Crippen LogP contribution in [0.1, 0.15) is 22.5 Å². The number of fused-ring (bicyclic) bond motifs is 1. The lowest BCUT2D eigenvalue weighted by atomic mass is 10.1. The molecular weight excluding hydrogens is 540 g/mol. The molecule has 37 heavy (non-hydrogen) atoms. The van der Waals surface area contributed by atoms with E-state index in [2.05, 4.69) is 32.6 Å². The molecule has 0 spiro atoms. The maximum absolute atomic E-state index is 13.0. The number of benzene rings is 3. The number of nitro benzene ring substituents is 1. The van der Waals surface area contributed by atoms with E-state index in [1.165, 1.54) is 23.9 Å². The second kappa shape index (κ2) is 11.2. The molecule has 1 heterocycles. The van der Waals surface area contributed by atoms with Gasteiger partial charge >= 0.3 is 0 Å². The fourth-order valence-electron chi connectivity index (χ4n) is 3.77. The zero-order valence-corrected chi connectivity index (χ0v) is 21.8. The first-order chi connectivity index (χ1) is 17.8. The Morgan fingerprint density at radius 3 is 2.62 bits per heavy atom. The summed E-state index contributed by atoms with van der Waals surface area (Å²) in [5.41, 5.74) is 2.61. The Labute approximate surface area is 221 Å². The van der Waals surface area contributed by atoms with Crippen molar-refractivity contribution in [2.24, 2.45) is 5.10 Å². The lowest BCUT2D eigenvalue weighted by molar-refractivity contribution is -0.384. The number of rotatable bonds is 9. The van der Waals surface area contributed by atoms with Crippen LogP contribution in [0.5, 0.6) is 11.5 Å². The number of nitro groups is 1. The number of halogens is 1. The standard InChI is InChI=1S/C27H23BrN4O5/c1-4-5-20-12-19(15-29-31-17(2)30-24-11-8-21(28)14-23(24)27(31)33)13-25(36-3)26(20)37-16-18-6-9-22(10-7-18)32(34)35/h4,6-15H,1,5,16H2,2-3H3. The average Bonchev–Trinajstić information content (AvgIpc) is 2.88. The minimum absolute atomic E-state index is 0.0147. The first kappa shape index (κ1) is 25.8. The van der Waals surface area contributed by atoms with Crippen molar-refractivity contribution in [1.29, 1.82) is 0 Å². The van der Waals surface area contributed by atoms with Crippen molar-refractivity contribution in [3.8, 4) is 11.5 Å². The zero-order valence-electron chi connectivity index (χ0n) is 20.2. The molecule has 4 rings (SSSR count). The highest BCUT2D eigenvalue weighted by Crippen LogP contribution is 2.34. The smallest absolute Gasteiger partial charge is 0.282 e. The molecule has 0 bridgehead atoms. The second-order valence-corrected chi connectivity index (χ2v) is 9.01. The Bertz CT molecular complexity index is 1580. The molecule has 10 heteroatoms. The van der Waals surface area contributed by atoms with Crippen LogP contribution in [0.3, 0.4) is 0 Å². The van der Waals surface area contributed by atoms with Gasteiger partial charge in [0.05, 0.1) is 29.2 Å². The molecule has 0 amide bonds. The Kier molecular flexibility index (Phi) is 7.78. The van der Waals surface area contributed by atoms with Crippen molar-refractivity contribution < 1.29 is 14.4 Å². The maximum atomic E-state index is 13.0. The molecule has 3 aromatic carbocycles. The van der Waals surface area contributed by atoms with Gasteiger partial charge in [0.15, 0.2) is 11.5 Å². The molecule has 188 valence electrons. The van der Waals surface area contributed by atoms with Gasteiger partial charge in [0.1, 0.15) is 12.4 Å². The number of aryl methyl sites for hydroxylation is 1. The molecule has 0 aliphatic carbocycles. The topological polar surface area (TPSA) is 109 Å². The van der Waals surface area contributed by atoms with Crippen molar-refractivity contribution >= 4 is 38.7 Å². The van der Waals surface area contributed by atoms with Gasteiger partial charge in [-0.25, -0.2) is 4.98 Å². The van der Waals surface area contributed by atoms with E-state index in [-0.39, 0.29) is 17.9 Å². The van der Waals surface area contributed by atoms with E-state index in [4.69, 9.17) is 9.47 Å². The van der Waals surface area contributed by atoms with E-state index in [0.29, 0.717) is 40.2 Å². The lowest BCUT2D eigenvalue weighted by Crippen LogP contribution is -2.20. The van der Waals surface area contributed by atoms with Crippen molar-refractivity contribution in [2.45, 2.75) is 20.0 Å². The summed E-state index contributed by atoms with van der Waals surface area (Å²) in [6.07, 6.45) is 3.81. The van der Waals surface area contributed by atoms with Crippen molar-refractivity contribution in [3.05, 3.63) is 115 Å². The number of aromatic nitrogens is 2. The average molecular weight is 563 g/mol. The van der Waals surface area contributed by atoms with E-state index < -0.39 is 4.92 Å². The fourth-order valence-corrected chi connectivity index (χ4v) is 4.13. The van der Waals surface area contributed by atoms with Gasteiger partial charge < -0.3 is 9.47 Å². The van der Waals surface area contributed by atoms with Gasteiger partial charge in [-0.1, -0.05) is 22.0 Å². The highest BCUT2D eigenvalue weighted by atomic mass is 79.9. The number of nitrogens with zero attached hydrogens (tertiary/aromatic N) is 4. The first-order valence-electron chi connectivity index (χ1n) is 11.2. The summed E-state index contributed by atoms with van der Waals surface area (Å²) < 4.78 is 13.7. The lowest BCUT2D eigenvalue weighted by Gasteiger charge is -2.16. The molecule has 9 nitrogen and oxygen atoms in total. The number of allylic oxidation sites excluding steroid dienone is 1. The number of hydrogen-bond acceptors (Lipinski definition) is 7. The summed E-state index contributed by atoms with van der Waals surface area (Å²) in [7, 11) is 1.53. The zero-order chi connectivity index (χ0) is 26.5. The van der Waals surface area contributed by atoms with E-state index in [0.717, 1.165) is 15.6 Å². The molecule has 1 aromatic heterocycles. The predicted molar refractivity (Wildman–Crippen MR) is 146 cm³/mol. The van der Waals surface area contributed by atoms with E-state index in [1.54, 1.807) is 49.5 Å². The Morgan fingerprint density at radius 1 is 1.19 bits per heavy atom. The molecule has 0 saturated heterocycles. The first-order valence-corrected chi connectivity index (χ1v) is 12.0. The maximum Gasteiger partial charge on any atom is 0.282 e. The predicted octanol–water partition coefficient (Wildman–Crippen LogP) is 5.57. The Hall–Kier alpha value is -4.31. The highest BCUT2D eigenvalue weighted by Gasteiger charge is 2.14. The summed E-state index contributed by atoms with van der Waals surface area (Å²) in [6, 6.07) is 15.1. The number of hydrogen-bond donors (Lipinski definition) is 0. The molecular formula is C27H23BrN4O5. The summed E-state index contributed by atoms with van der Waals surface area (Å²) in [4.78, 5) is 28.0. The highest BCUT2D eigenvalue weighted by molar-refractivity contribution is 9.10. The van der Waals surface area contributed by atoms with Crippen molar-refractivity contribution in [1.82, 2.24) is 9.66 Å². The second-order valence-electron chi connectivity index (χ2n) is 8.10. The number of ether oxygens (including phenoxy) is 2. The molecule has 0 fully saturated rings. The van der Waals surface area contributed by atoms with Crippen LogP contribution in [0, 0.1) is 17.0 Å². The van der Waals surface area contributed by atoms with Gasteiger partial charge in [-0.3, -0.25) is 14.9 Å². The SMILES string of the molecule is C=CCc1cc(C=Nn2c(C)nc3ccc(Br)cc3c2=O)cc(OC)c1OCc1ccc([N+](=O)[O-])cc1. The minimum atomic E-state index is -0.446. The summed E-state index contributed by atoms with van der Waals surface area (Å²) >= 11 is 3.39. The van der Waals surface area contributed by atoms with Crippen LogP contribution < -0.4 is 15.0 Å². The summed E-state index contributed by atoms with van der Waals surface area (Å²) in [6.45, 7) is 5.74. The van der Waals surface area contributed by atoms with Crippen LogP contribution in [0.15, 0.2) is 81.6 Å². The van der Waals surface area contributed by atoms with Crippen LogP contribution >= 0.6 is 15.9 Å². The van der Waals surface area contributed by atoms with Crippen LogP contribution in [0.2, 0.25) is 0 Å². The number of non-ortho nitro benzene ring substituents is 1. The summed E-state index contributed by atoms with van der Waals surface area (Å²) in [5, 5.41) is 15.7. The monoisotopic (exact) mass is 562 g/mol. The largest absolute Gasteiger partial charge is 0.493 e. The molecule has 0 unspecified atom stereocenters. The molecule has 0 radical (unpaired) electrons. The summed E-state index contributed by atoms with van der Waals surface area (Å²) in [5.74, 6) is 1.47.